The van der Waals surface area contributed by atoms with Crippen molar-refractivity contribution >= 4 is 21.4 Å². The number of nitrogens with one attached hydrogen (secondary N) is 1. The van der Waals surface area contributed by atoms with E-state index in [1.54, 1.807) is 16.8 Å². The van der Waals surface area contributed by atoms with Crippen LogP contribution in [0, 0.1) is 0 Å². The molecule has 1 saturated carbocycles. The van der Waals surface area contributed by atoms with Crippen molar-refractivity contribution in [2.75, 3.05) is 11.6 Å². The maximum absolute atomic E-state index is 12.7. The molecule has 25 heavy (non-hydrogen) atoms. The quantitative estimate of drug-likeness (QED) is 0.907. The highest BCUT2D eigenvalue weighted by Gasteiger charge is 2.31. The van der Waals surface area contributed by atoms with Gasteiger partial charge in [-0.05, 0) is 63.9 Å². The average molecular weight is 361 g/mol. The lowest BCUT2D eigenvalue weighted by molar-refractivity contribution is 0.100. The SMILES string of the molecule is CC(C)(C)n1nc(C2CC2)cc1C(=O)Nc1ccc(S(C)(=O)=O)cc1. The molecule has 3 rings (SSSR count). The molecule has 0 saturated heterocycles. The Balaban J connectivity index is 1.86. The first-order chi connectivity index (χ1) is 11.6. The van der Waals surface area contributed by atoms with Crippen molar-refractivity contribution in [3.63, 3.8) is 0 Å². The molecular weight excluding hydrogens is 338 g/mol. The van der Waals surface area contributed by atoms with Gasteiger partial charge < -0.3 is 5.32 Å². The van der Waals surface area contributed by atoms with Gasteiger partial charge in [-0.2, -0.15) is 5.10 Å². The van der Waals surface area contributed by atoms with E-state index >= 15 is 0 Å². The van der Waals surface area contributed by atoms with Gasteiger partial charge in [-0.3, -0.25) is 9.48 Å². The number of hydrogen-bond acceptors (Lipinski definition) is 4. The van der Waals surface area contributed by atoms with Crippen molar-refractivity contribution in [2.24, 2.45) is 0 Å². The Bertz CT molecular complexity index is 902. The molecule has 1 aliphatic rings. The van der Waals surface area contributed by atoms with Crippen molar-refractivity contribution in [1.82, 2.24) is 9.78 Å². The Morgan fingerprint density at radius 3 is 2.28 bits per heavy atom. The summed E-state index contributed by atoms with van der Waals surface area (Å²) in [5.74, 6) is 0.214. The highest BCUT2D eigenvalue weighted by molar-refractivity contribution is 7.90. The molecule has 0 unspecified atom stereocenters. The first kappa shape index (κ1) is 17.7. The van der Waals surface area contributed by atoms with Gasteiger partial charge in [0.1, 0.15) is 5.69 Å². The van der Waals surface area contributed by atoms with E-state index in [4.69, 9.17) is 0 Å². The van der Waals surface area contributed by atoms with Crippen LogP contribution in [0.5, 0.6) is 0 Å². The average Bonchev–Trinajstić information content (AvgIpc) is 3.24. The van der Waals surface area contributed by atoms with Gasteiger partial charge in [-0.15, -0.1) is 0 Å². The minimum absolute atomic E-state index is 0.223. The first-order valence-electron chi connectivity index (χ1n) is 8.27. The van der Waals surface area contributed by atoms with Crippen LogP contribution in [0.1, 0.15) is 55.7 Å². The second kappa shape index (κ2) is 5.98. The maximum Gasteiger partial charge on any atom is 0.273 e. The third-order valence-electron chi connectivity index (χ3n) is 4.13. The zero-order valence-electron chi connectivity index (χ0n) is 14.9. The second-order valence-corrected chi connectivity index (χ2v) is 9.58. The normalized spacial score (nSPS) is 15.2. The van der Waals surface area contributed by atoms with Gasteiger partial charge in [0, 0.05) is 17.9 Å². The molecule has 1 amide bonds. The van der Waals surface area contributed by atoms with E-state index in [2.05, 4.69) is 10.4 Å². The van der Waals surface area contributed by atoms with Crippen LogP contribution in [0.25, 0.3) is 0 Å². The summed E-state index contributed by atoms with van der Waals surface area (Å²) in [4.78, 5) is 13.0. The Labute approximate surface area is 148 Å². The minimum Gasteiger partial charge on any atom is -0.321 e. The molecule has 1 aliphatic carbocycles. The lowest BCUT2D eigenvalue weighted by Gasteiger charge is -2.22. The van der Waals surface area contributed by atoms with Crippen molar-refractivity contribution in [3.05, 3.63) is 41.7 Å². The standard InChI is InChI=1S/C18H23N3O3S/c1-18(2,3)21-16(11-15(20-21)12-5-6-12)17(22)19-13-7-9-14(10-8-13)25(4,23)24/h7-12H,5-6H2,1-4H3,(H,19,22). The first-order valence-corrected chi connectivity index (χ1v) is 10.2. The molecule has 134 valence electrons. The van der Waals surface area contributed by atoms with Gasteiger partial charge in [-0.25, -0.2) is 8.42 Å². The summed E-state index contributed by atoms with van der Waals surface area (Å²) in [5, 5.41) is 7.46. The number of rotatable bonds is 4. The van der Waals surface area contributed by atoms with Gasteiger partial charge in [0.2, 0.25) is 0 Å². The molecule has 7 heteroatoms. The van der Waals surface area contributed by atoms with Crippen LogP contribution in [0.15, 0.2) is 35.2 Å². The predicted octanol–water partition coefficient (Wildman–Crippen LogP) is 3.17. The van der Waals surface area contributed by atoms with Crippen LogP contribution >= 0.6 is 0 Å². The molecule has 0 atom stereocenters. The molecule has 0 radical (unpaired) electrons. The fraction of sp³-hybridized carbons (Fsp3) is 0.444. The molecule has 0 bridgehead atoms. The van der Waals surface area contributed by atoms with E-state index in [1.807, 2.05) is 26.8 Å². The number of benzene rings is 1. The Hall–Kier alpha value is -2.15. The Kier molecular flexibility index (Phi) is 4.23. The molecule has 2 aromatic rings. The number of carbonyl (C=O) groups excluding carboxylic acids is 1. The third-order valence-corrected chi connectivity index (χ3v) is 5.26. The van der Waals surface area contributed by atoms with Gasteiger partial charge in [0.05, 0.1) is 16.1 Å². The number of hydrogen-bond donors (Lipinski definition) is 1. The van der Waals surface area contributed by atoms with Crippen molar-refractivity contribution in [2.45, 2.75) is 50.0 Å². The lowest BCUT2D eigenvalue weighted by Crippen LogP contribution is -2.29. The van der Waals surface area contributed by atoms with Crippen LogP contribution < -0.4 is 5.32 Å². The largest absolute Gasteiger partial charge is 0.321 e. The molecule has 1 N–H and O–H groups in total. The van der Waals surface area contributed by atoms with Crippen molar-refractivity contribution in [3.8, 4) is 0 Å². The van der Waals surface area contributed by atoms with E-state index < -0.39 is 9.84 Å². The fourth-order valence-corrected chi connectivity index (χ4v) is 3.26. The van der Waals surface area contributed by atoms with Crippen LogP contribution in [0.2, 0.25) is 0 Å². The number of carbonyl (C=O) groups is 1. The number of anilines is 1. The van der Waals surface area contributed by atoms with Gasteiger partial charge in [0.25, 0.3) is 5.91 Å². The van der Waals surface area contributed by atoms with Crippen molar-refractivity contribution in [1.29, 1.82) is 0 Å². The van der Waals surface area contributed by atoms with Crippen LogP contribution in [-0.2, 0) is 15.4 Å². The summed E-state index contributed by atoms with van der Waals surface area (Å²) in [6, 6.07) is 8.02. The van der Waals surface area contributed by atoms with Gasteiger partial charge >= 0.3 is 0 Å². The summed E-state index contributed by atoms with van der Waals surface area (Å²) in [7, 11) is -3.25. The molecule has 1 aromatic heterocycles. The third kappa shape index (κ3) is 3.92. The number of amides is 1. The van der Waals surface area contributed by atoms with E-state index in [9.17, 15) is 13.2 Å². The zero-order valence-corrected chi connectivity index (χ0v) is 15.7. The smallest absolute Gasteiger partial charge is 0.273 e. The number of aromatic nitrogens is 2. The summed E-state index contributed by atoms with van der Waals surface area (Å²) in [5.41, 5.74) is 1.72. The molecule has 1 aromatic carbocycles. The van der Waals surface area contributed by atoms with Crippen LogP contribution in [0.4, 0.5) is 5.69 Å². The molecular formula is C18H23N3O3S. The monoisotopic (exact) mass is 361 g/mol. The number of nitrogens with zero attached hydrogens (tertiary/aromatic N) is 2. The van der Waals surface area contributed by atoms with E-state index in [-0.39, 0.29) is 16.3 Å². The summed E-state index contributed by atoms with van der Waals surface area (Å²) in [6.07, 6.45) is 3.40. The highest BCUT2D eigenvalue weighted by atomic mass is 32.2. The van der Waals surface area contributed by atoms with Crippen LogP contribution in [0.3, 0.4) is 0 Å². The second-order valence-electron chi connectivity index (χ2n) is 7.56. The molecule has 1 fully saturated rings. The fourth-order valence-electron chi connectivity index (χ4n) is 2.63. The van der Waals surface area contributed by atoms with Gasteiger partial charge in [0.15, 0.2) is 9.84 Å². The minimum atomic E-state index is -3.25. The molecule has 0 spiro atoms. The maximum atomic E-state index is 12.7. The lowest BCUT2D eigenvalue weighted by atomic mass is 10.1. The van der Waals surface area contributed by atoms with Crippen molar-refractivity contribution < 1.29 is 13.2 Å². The summed E-state index contributed by atoms with van der Waals surface area (Å²) < 4.78 is 24.8. The molecule has 6 nitrogen and oxygen atoms in total. The summed E-state index contributed by atoms with van der Waals surface area (Å²) in [6.45, 7) is 6.02. The topological polar surface area (TPSA) is 81.1 Å². The Morgan fingerprint density at radius 2 is 1.80 bits per heavy atom. The zero-order chi connectivity index (χ0) is 18.4. The predicted molar refractivity (Wildman–Crippen MR) is 96.7 cm³/mol. The van der Waals surface area contributed by atoms with E-state index in [0.717, 1.165) is 24.8 Å². The van der Waals surface area contributed by atoms with Crippen LogP contribution in [-0.4, -0.2) is 30.4 Å². The van der Waals surface area contributed by atoms with E-state index in [1.165, 1.54) is 12.1 Å². The molecule has 1 heterocycles. The summed E-state index contributed by atoms with van der Waals surface area (Å²) >= 11 is 0. The molecule has 0 aliphatic heterocycles. The van der Waals surface area contributed by atoms with Gasteiger partial charge in [-0.1, -0.05) is 0 Å². The highest BCUT2D eigenvalue weighted by Crippen LogP contribution is 2.40. The Morgan fingerprint density at radius 1 is 1.20 bits per heavy atom. The number of sulfone groups is 1. The van der Waals surface area contributed by atoms with E-state index in [0.29, 0.717) is 17.3 Å².